The lowest BCUT2D eigenvalue weighted by molar-refractivity contribution is -0.387. The van der Waals surface area contributed by atoms with Gasteiger partial charge in [0.15, 0.2) is 0 Å². The van der Waals surface area contributed by atoms with Gasteiger partial charge in [0.25, 0.3) is 0 Å². The van der Waals surface area contributed by atoms with E-state index in [-0.39, 0.29) is 34.9 Å². The lowest BCUT2D eigenvalue weighted by Crippen LogP contribution is -2.22. The van der Waals surface area contributed by atoms with Crippen molar-refractivity contribution in [2.75, 3.05) is 7.11 Å². The molecule has 0 aliphatic heterocycles. The topological polar surface area (TPSA) is 105 Å². The Labute approximate surface area is 173 Å². The highest BCUT2D eigenvalue weighted by molar-refractivity contribution is 5.77. The molecule has 30 heavy (non-hydrogen) atoms. The predicted octanol–water partition coefficient (Wildman–Crippen LogP) is 2.77. The van der Waals surface area contributed by atoms with Gasteiger partial charge < -0.3 is 4.74 Å². The second-order valence-corrected chi connectivity index (χ2v) is 6.32. The first kappa shape index (κ1) is 15.8. The van der Waals surface area contributed by atoms with Crippen LogP contribution in [0.25, 0.3) is 16.9 Å². The van der Waals surface area contributed by atoms with Crippen molar-refractivity contribution in [2.45, 2.75) is 6.42 Å². The van der Waals surface area contributed by atoms with Crippen LogP contribution in [0.1, 0.15) is 15.5 Å². The molecule has 4 aromatic rings. The van der Waals surface area contributed by atoms with E-state index in [0.717, 1.165) is 16.7 Å². The summed E-state index contributed by atoms with van der Waals surface area (Å²) in [6.07, 6.45) is 1.31. The lowest BCUT2D eigenvalue weighted by atomic mass is 10.1. The van der Waals surface area contributed by atoms with Crippen LogP contribution in [0.15, 0.2) is 53.5 Å². The summed E-state index contributed by atoms with van der Waals surface area (Å²) >= 11 is 0. The third kappa shape index (κ3) is 3.17. The first-order valence-corrected chi connectivity index (χ1v) is 8.68. The molecule has 2 aromatic carbocycles. The second-order valence-electron chi connectivity index (χ2n) is 6.32. The van der Waals surface area contributed by atoms with Gasteiger partial charge in [0.1, 0.15) is 17.4 Å². The summed E-state index contributed by atoms with van der Waals surface area (Å²) in [5, 5.41) is 11.1. The molecule has 0 aliphatic carbocycles. The number of fused-ring (bicyclic) bond motifs is 1. The number of halogens is 1. The van der Waals surface area contributed by atoms with Crippen LogP contribution >= 0.6 is 0 Å². The van der Waals surface area contributed by atoms with Gasteiger partial charge in [-0.15, -0.1) is 0 Å². The highest BCUT2D eigenvalue weighted by Gasteiger charge is 2.20. The number of hydrogen-bond acceptors (Lipinski definition) is 6. The summed E-state index contributed by atoms with van der Waals surface area (Å²) in [6.45, 7) is -2.71. The van der Waals surface area contributed by atoms with Crippen molar-refractivity contribution in [3.63, 3.8) is 0 Å². The van der Waals surface area contributed by atoms with Crippen molar-refractivity contribution >= 4 is 16.7 Å². The third-order valence-corrected chi connectivity index (χ3v) is 4.56. The summed E-state index contributed by atoms with van der Waals surface area (Å²) in [4.78, 5) is 31.8. The minimum atomic E-state index is -2.71. The van der Waals surface area contributed by atoms with E-state index in [1.54, 1.807) is 18.2 Å². The van der Waals surface area contributed by atoms with Crippen LogP contribution in [0.3, 0.4) is 0 Å². The molecule has 0 bridgehead atoms. The van der Waals surface area contributed by atoms with Crippen molar-refractivity contribution in [2.24, 2.45) is 6.98 Å². The number of benzene rings is 2. The number of nitrogens with zero attached hydrogens (tertiary/aromatic N) is 5. The average molecular weight is 412 g/mol. The van der Waals surface area contributed by atoms with Gasteiger partial charge in [-0.05, 0) is 18.2 Å². The van der Waals surface area contributed by atoms with Gasteiger partial charge in [-0.2, -0.15) is 4.39 Å². The van der Waals surface area contributed by atoms with E-state index in [0.29, 0.717) is 10.1 Å². The zero-order chi connectivity index (χ0) is 23.9. The van der Waals surface area contributed by atoms with Gasteiger partial charge in [0.2, 0.25) is 5.82 Å². The minimum Gasteiger partial charge on any atom is -0.496 e. The number of imidazole rings is 1. The summed E-state index contributed by atoms with van der Waals surface area (Å²) in [5.74, 6) is -0.702. The SMILES string of the molecule is [2H]C([2H])([2H])n1c(=O)n(-c2ccnc(Cc3cc([N+](=O)[O-])c(F)cc3OC)n2)c2ccccc21. The smallest absolute Gasteiger partial charge is 0.334 e. The van der Waals surface area contributed by atoms with E-state index >= 15 is 0 Å². The third-order valence-electron chi connectivity index (χ3n) is 4.56. The van der Waals surface area contributed by atoms with Crippen LogP contribution in [0.5, 0.6) is 5.75 Å². The van der Waals surface area contributed by atoms with E-state index in [1.165, 1.54) is 25.4 Å². The molecule has 0 saturated carbocycles. The number of methoxy groups -OCH3 is 1. The maximum atomic E-state index is 13.9. The Hall–Kier alpha value is -4.08. The normalized spacial score (nSPS) is 12.9. The molecule has 10 heteroatoms. The summed E-state index contributed by atoms with van der Waals surface area (Å²) in [7, 11) is 1.30. The molecule has 2 heterocycles. The summed E-state index contributed by atoms with van der Waals surface area (Å²) in [5.41, 5.74) is -0.730. The second kappa shape index (κ2) is 7.39. The fraction of sp³-hybridized carbons (Fsp3) is 0.150. The first-order chi connectivity index (χ1) is 15.6. The van der Waals surface area contributed by atoms with Crippen LogP contribution in [-0.4, -0.2) is 31.1 Å². The van der Waals surface area contributed by atoms with Gasteiger partial charge in [0, 0.05) is 41.4 Å². The Morgan fingerprint density at radius 2 is 2.03 bits per heavy atom. The Kier molecular flexibility index (Phi) is 3.89. The molecule has 0 atom stereocenters. The van der Waals surface area contributed by atoms with Crippen molar-refractivity contribution in [1.29, 1.82) is 0 Å². The molecule has 0 radical (unpaired) electrons. The molecular weight excluding hydrogens is 393 g/mol. The van der Waals surface area contributed by atoms with Crippen LogP contribution in [-0.2, 0) is 13.4 Å². The van der Waals surface area contributed by atoms with Crippen LogP contribution < -0.4 is 10.4 Å². The molecule has 152 valence electrons. The maximum absolute atomic E-state index is 13.9. The monoisotopic (exact) mass is 412 g/mol. The van der Waals surface area contributed by atoms with Crippen molar-refractivity contribution in [3.05, 3.63) is 86.5 Å². The molecule has 0 saturated heterocycles. The van der Waals surface area contributed by atoms with Gasteiger partial charge in [-0.1, -0.05) is 12.1 Å². The Bertz CT molecular complexity index is 1450. The van der Waals surface area contributed by atoms with Crippen LogP contribution in [0.2, 0.25) is 0 Å². The zero-order valence-electron chi connectivity index (χ0n) is 18.6. The fourth-order valence-electron chi connectivity index (χ4n) is 3.19. The Morgan fingerprint density at radius 1 is 1.27 bits per heavy atom. The first-order valence-electron chi connectivity index (χ1n) is 10.2. The van der Waals surface area contributed by atoms with Crippen molar-refractivity contribution in [1.82, 2.24) is 19.1 Å². The van der Waals surface area contributed by atoms with Gasteiger partial charge in [-0.3, -0.25) is 14.7 Å². The predicted molar refractivity (Wildman–Crippen MR) is 107 cm³/mol. The molecule has 0 N–H and O–H groups in total. The molecule has 0 fully saturated rings. The molecule has 0 unspecified atom stereocenters. The minimum absolute atomic E-state index is 0.0647. The van der Waals surface area contributed by atoms with Crippen molar-refractivity contribution < 1.29 is 18.2 Å². The number of rotatable bonds is 5. The van der Waals surface area contributed by atoms with E-state index in [1.807, 2.05) is 0 Å². The molecule has 2 aromatic heterocycles. The highest BCUT2D eigenvalue weighted by atomic mass is 19.1. The lowest BCUT2D eigenvalue weighted by Gasteiger charge is -2.09. The largest absolute Gasteiger partial charge is 0.496 e. The number of nitro benzene ring substituents is 1. The van der Waals surface area contributed by atoms with Crippen molar-refractivity contribution in [3.8, 4) is 11.6 Å². The Balaban J connectivity index is 1.84. The molecule has 0 aliphatic rings. The molecule has 4 rings (SSSR count). The van der Waals surface area contributed by atoms with Gasteiger partial charge >= 0.3 is 11.4 Å². The van der Waals surface area contributed by atoms with Crippen LogP contribution in [0.4, 0.5) is 10.1 Å². The average Bonchev–Trinajstić information content (AvgIpc) is 3.06. The van der Waals surface area contributed by atoms with Crippen LogP contribution in [0, 0.1) is 15.9 Å². The van der Waals surface area contributed by atoms with Gasteiger partial charge in [-0.25, -0.2) is 19.3 Å². The Morgan fingerprint density at radius 3 is 2.73 bits per heavy atom. The number of aryl methyl sites for hydroxylation is 1. The number of ether oxygens (including phenoxy) is 1. The number of para-hydroxylation sites is 2. The van der Waals surface area contributed by atoms with E-state index in [9.17, 15) is 19.3 Å². The maximum Gasteiger partial charge on any atom is 0.334 e. The standard InChI is InChI=1S/C20H16FN5O4/c1-24-14-5-3-4-6-15(14)25(20(24)27)19-7-8-22-18(23-19)10-12-9-16(26(28)29)13(21)11-17(12)30-2/h3-9,11H,10H2,1-2H3/i1D3. The highest BCUT2D eigenvalue weighted by Crippen LogP contribution is 2.29. The quantitative estimate of drug-likeness (QED) is 0.369. The van der Waals surface area contributed by atoms with Gasteiger partial charge in [0.05, 0.1) is 23.1 Å². The molecule has 0 amide bonds. The van der Waals surface area contributed by atoms with E-state index in [2.05, 4.69) is 9.97 Å². The number of aromatic nitrogens is 4. The summed E-state index contributed by atoms with van der Waals surface area (Å²) in [6, 6.07) is 9.77. The molecular formula is C20H16FN5O4. The number of nitro groups is 1. The summed E-state index contributed by atoms with van der Waals surface area (Å²) < 4.78 is 44.1. The van der Waals surface area contributed by atoms with E-state index < -0.39 is 29.1 Å². The molecule has 0 spiro atoms. The number of hydrogen-bond donors (Lipinski definition) is 0. The zero-order valence-corrected chi connectivity index (χ0v) is 15.6. The molecule has 9 nitrogen and oxygen atoms in total. The fourth-order valence-corrected chi connectivity index (χ4v) is 3.19. The van der Waals surface area contributed by atoms with E-state index in [4.69, 9.17) is 8.85 Å².